The molecule has 0 atom stereocenters. The van der Waals surface area contributed by atoms with Crippen molar-refractivity contribution < 1.29 is 22.8 Å². The second-order valence-corrected chi connectivity index (χ2v) is 5.93. The van der Waals surface area contributed by atoms with E-state index in [0.29, 0.717) is 18.5 Å². The van der Waals surface area contributed by atoms with Crippen molar-refractivity contribution in [2.75, 3.05) is 10.6 Å². The van der Waals surface area contributed by atoms with E-state index in [1.54, 1.807) is 30.3 Å². The van der Waals surface area contributed by atoms with E-state index >= 15 is 0 Å². The molecular formula is C18H15F3N2O2. The monoisotopic (exact) mass is 348 g/mol. The smallest absolute Gasteiger partial charge is 0.325 e. The summed E-state index contributed by atoms with van der Waals surface area (Å²) in [6, 6.07) is 12.9. The summed E-state index contributed by atoms with van der Waals surface area (Å²) >= 11 is 0. The highest BCUT2D eigenvalue weighted by molar-refractivity contribution is 6.16. The number of hydrogen-bond acceptors (Lipinski definition) is 2. The third kappa shape index (κ3) is 3.65. The van der Waals surface area contributed by atoms with E-state index in [1.807, 2.05) is 0 Å². The Kier molecular flexibility index (Phi) is 4.24. The van der Waals surface area contributed by atoms with Crippen LogP contribution in [0.25, 0.3) is 0 Å². The molecular weight excluding hydrogens is 333 g/mol. The lowest BCUT2D eigenvalue weighted by molar-refractivity contribution is -0.137. The quantitative estimate of drug-likeness (QED) is 0.819. The van der Waals surface area contributed by atoms with Gasteiger partial charge in [0.25, 0.3) is 0 Å². The molecule has 0 aliphatic heterocycles. The van der Waals surface area contributed by atoms with Gasteiger partial charge >= 0.3 is 6.18 Å². The maximum atomic E-state index is 12.6. The standard InChI is InChI=1S/C18H15F3N2O2/c19-18(20,21)12-6-8-14(9-7-12)23-16(25)17(10-11-17)15(24)22-13-4-2-1-3-5-13/h1-9H,10-11H2,(H,22,24)(H,23,25). The van der Waals surface area contributed by atoms with Crippen LogP contribution < -0.4 is 10.6 Å². The normalized spacial score (nSPS) is 15.3. The van der Waals surface area contributed by atoms with Crippen LogP contribution in [-0.2, 0) is 15.8 Å². The van der Waals surface area contributed by atoms with Gasteiger partial charge in [-0.2, -0.15) is 13.2 Å². The van der Waals surface area contributed by atoms with E-state index in [0.717, 1.165) is 12.1 Å². The van der Waals surface area contributed by atoms with E-state index < -0.39 is 29.0 Å². The Morgan fingerprint density at radius 2 is 1.28 bits per heavy atom. The predicted molar refractivity (Wildman–Crippen MR) is 86.8 cm³/mol. The number of rotatable bonds is 4. The Morgan fingerprint density at radius 3 is 1.72 bits per heavy atom. The Balaban J connectivity index is 1.67. The molecule has 2 amide bonds. The van der Waals surface area contributed by atoms with E-state index in [4.69, 9.17) is 0 Å². The van der Waals surface area contributed by atoms with Crippen molar-refractivity contribution in [2.45, 2.75) is 19.0 Å². The van der Waals surface area contributed by atoms with Crippen LogP contribution in [0.15, 0.2) is 54.6 Å². The van der Waals surface area contributed by atoms with E-state index in [-0.39, 0.29) is 5.69 Å². The Labute approximate surface area is 142 Å². The van der Waals surface area contributed by atoms with Gasteiger partial charge in [-0.05, 0) is 49.2 Å². The van der Waals surface area contributed by atoms with Crippen LogP contribution in [0.3, 0.4) is 0 Å². The van der Waals surface area contributed by atoms with Crippen molar-refractivity contribution in [3.8, 4) is 0 Å². The third-order valence-electron chi connectivity index (χ3n) is 4.12. The zero-order valence-electron chi connectivity index (χ0n) is 13.1. The molecule has 1 aliphatic rings. The van der Waals surface area contributed by atoms with E-state index in [9.17, 15) is 22.8 Å². The molecule has 0 radical (unpaired) electrons. The van der Waals surface area contributed by atoms with Crippen LogP contribution in [-0.4, -0.2) is 11.8 Å². The van der Waals surface area contributed by atoms with Crippen molar-refractivity contribution in [3.05, 3.63) is 60.2 Å². The van der Waals surface area contributed by atoms with Gasteiger partial charge in [0.05, 0.1) is 5.56 Å². The minimum atomic E-state index is -4.43. The summed E-state index contributed by atoms with van der Waals surface area (Å²) in [7, 11) is 0. The lowest BCUT2D eigenvalue weighted by Crippen LogP contribution is -2.35. The molecule has 1 aliphatic carbocycles. The first-order chi connectivity index (χ1) is 11.8. The number of anilines is 2. The van der Waals surface area contributed by atoms with Gasteiger partial charge in [-0.3, -0.25) is 9.59 Å². The maximum Gasteiger partial charge on any atom is 0.416 e. The molecule has 25 heavy (non-hydrogen) atoms. The van der Waals surface area contributed by atoms with Crippen molar-refractivity contribution in [3.63, 3.8) is 0 Å². The molecule has 0 saturated heterocycles. The molecule has 4 nitrogen and oxygen atoms in total. The Morgan fingerprint density at radius 1 is 0.800 bits per heavy atom. The number of nitrogens with one attached hydrogen (secondary N) is 2. The zero-order chi connectivity index (χ0) is 18.1. The fourth-order valence-corrected chi connectivity index (χ4v) is 2.45. The van der Waals surface area contributed by atoms with Crippen molar-refractivity contribution in [1.29, 1.82) is 0 Å². The molecule has 1 fully saturated rings. The SMILES string of the molecule is O=C(Nc1ccccc1)C1(C(=O)Nc2ccc(C(F)(F)F)cc2)CC1. The predicted octanol–water partition coefficient (Wildman–Crippen LogP) is 4.06. The van der Waals surface area contributed by atoms with Gasteiger partial charge in [-0.15, -0.1) is 0 Å². The first kappa shape index (κ1) is 17.0. The second kappa shape index (κ2) is 6.23. The van der Waals surface area contributed by atoms with Crippen molar-refractivity contribution in [1.82, 2.24) is 0 Å². The van der Waals surface area contributed by atoms with Gasteiger partial charge in [0.1, 0.15) is 5.41 Å². The average Bonchev–Trinajstić information content (AvgIpc) is 3.37. The lowest BCUT2D eigenvalue weighted by Gasteiger charge is -2.16. The summed E-state index contributed by atoms with van der Waals surface area (Å²) in [4.78, 5) is 24.8. The fraction of sp³-hybridized carbons (Fsp3) is 0.222. The molecule has 130 valence electrons. The zero-order valence-corrected chi connectivity index (χ0v) is 13.1. The molecule has 7 heteroatoms. The van der Waals surface area contributed by atoms with Gasteiger partial charge in [-0.25, -0.2) is 0 Å². The minimum absolute atomic E-state index is 0.219. The lowest BCUT2D eigenvalue weighted by atomic mass is 10.0. The van der Waals surface area contributed by atoms with E-state index in [1.165, 1.54) is 12.1 Å². The summed E-state index contributed by atoms with van der Waals surface area (Å²) in [5, 5.41) is 5.21. The molecule has 0 unspecified atom stereocenters. The number of benzene rings is 2. The number of carbonyl (C=O) groups is 2. The van der Waals surface area contributed by atoms with Crippen LogP contribution in [0.2, 0.25) is 0 Å². The Bertz CT molecular complexity index is 782. The van der Waals surface area contributed by atoms with Gasteiger partial charge in [0.2, 0.25) is 11.8 Å². The summed E-state index contributed by atoms with van der Waals surface area (Å²) < 4.78 is 37.7. The number of para-hydroxylation sites is 1. The highest BCUT2D eigenvalue weighted by atomic mass is 19.4. The summed E-state index contributed by atoms with van der Waals surface area (Å²) in [6.45, 7) is 0. The molecule has 0 bridgehead atoms. The van der Waals surface area contributed by atoms with Crippen molar-refractivity contribution >= 4 is 23.2 Å². The number of halogens is 3. The number of hydrogen-bond donors (Lipinski definition) is 2. The minimum Gasteiger partial charge on any atom is -0.325 e. The summed E-state index contributed by atoms with van der Waals surface area (Å²) in [5.41, 5.74) is -1.16. The first-order valence-electron chi connectivity index (χ1n) is 7.66. The maximum absolute atomic E-state index is 12.6. The van der Waals surface area contributed by atoms with Gasteiger partial charge < -0.3 is 10.6 Å². The average molecular weight is 348 g/mol. The molecule has 1 saturated carbocycles. The topological polar surface area (TPSA) is 58.2 Å². The van der Waals surface area contributed by atoms with Crippen LogP contribution >= 0.6 is 0 Å². The molecule has 2 aromatic rings. The molecule has 0 heterocycles. The molecule has 2 N–H and O–H groups in total. The number of alkyl halides is 3. The molecule has 0 spiro atoms. The van der Waals surface area contributed by atoms with Crippen LogP contribution in [0.1, 0.15) is 18.4 Å². The van der Waals surface area contributed by atoms with Gasteiger partial charge in [-0.1, -0.05) is 18.2 Å². The summed E-state index contributed by atoms with van der Waals surface area (Å²) in [6.07, 6.45) is -3.63. The fourth-order valence-electron chi connectivity index (χ4n) is 2.45. The summed E-state index contributed by atoms with van der Waals surface area (Å²) in [5.74, 6) is -0.927. The highest BCUT2D eigenvalue weighted by Crippen LogP contribution is 2.47. The van der Waals surface area contributed by atoms with Crippen LogP contribution in [0.4, 0.5) is 24.5 Å². The molecule has 3 rings (SSSR count). The largest absolute Gasteiger partial charge is 0.416 e. The van der Waals surface area contributed by atoms with Gasteiger partial charge in [0.15, 0.2) is 0 Å². The number of carbonyl (C=O) groups excluding carboxylic acids is 2. The second-order valence-electron chi connectivity index (χ2n) is 5.93. The van der Waals surface area contributed by atoms with Crippen LogP contribution in [0.5, 0.6) is 0 Å². The first-order valence-corrected chi connectivity index (χ1v) is 7.66. The van der Waals surface area contributed by atoms with E-state index in [2.05, 4.69) is 10.6 Å². The Hall–Kier alpha value is -2.83. The highest BCUT2D eigenvalue weighted by Gasteiger charge is 2.56. The number of amides is 2. The molecule has 0 aromatic heterocycles. The van der Waals surface area contributed by atoms with Crippen LogP contribution in [0, 0.1) is 5.41 Å². The van der Waals surface area contributed by atoms with Crippen molar-refractivity contribution in [2.24, 2.45) is 5.41 Å². The van der Waals surface area contributed by atoms with Gasteiger partial charge in [0, 0.05) is 11.4 Å². The third-order valence-corrected chi connectivity index (χ3v) is 4.12. The molecule has 2 aromatic carbocycles.